The Balaban J connectivity index is 1.43. The number of nitrogens with one attached hydrogen (secondary N) is 1. The molecular formula is C23H28N4O4S2. The highest BCUT2D eigenvalue weighted by Crippen LogP contribution is 2.31. The molecule has 4 rings (SSSR count). The first kappa shape index (κ1) is 23.6. The van der Waals surface area contributed by atoms with Gasteiger partial charge in [-0.05, 0) is 43.9 Å². The Hall–Kier alpha value is -2.56. The molecule has 0 spiro atoms. The van der Waals surface area contributed by atoms with Crippen LogP contribution in [0.2, 0.25) is 0 Å². The van der Waals surface area contributed by atoms with Crippen LogP contribution in [-0.2, 0) is 27.8 Å². The number of amides is 1. The fourth-order valence-electron chi connectivity index (χ4n) is 3.90. The number of piperidine rings is 1. The van der Waals surface area contributed by atoms with Crippen molar-refractivity contribution in [1.82, 2.24) is 19.8 Å². The number of rotatable bonds is 7. The van der Waals surface area contributed by atoms with Gasteiger partial charge < -0.3 is 9.84 Å². The minimum atomic E-state index is -3.71. The van der Waals surface area contributed by atoms with Crippen molar-refractivity contribution in [3.8, 4) is 11.4 Å². The summed E-state index contributed by atoms with van der Waals surface area (Å²) in [7, 11) is -3.71. The maximum atomic E-state index is 13.3. The molecule has 3 heterocycles. The van der Waals surface area contributed by atoms with Gasteiger partial charge in [-0.15, -0.1) is 11.3 Å². The Morgan fingerprint density at radius 3 is 2.88 bits per heavy atom. The molecule has 1 atom stereocenters. The van der Waals surface area contributed by atoms with E-state index in [2.05, 4.69) is 21.5 Å². The van der Waals surface area contributed by atoms with Gasteiger partial charge in [0.05, 0.1) is 5.92 Å². The van der Waals surface area contributed by atoms with Gasteiger partial charge in [-0.3, -0.25) is 4.79 Å². The number of carbonyl (C=O) groups excluding carboxylic acids is 1. The fraction of sp³-hybridized carbons (Fsp3) is 0.435. The SMILES string of the molecule is CCc1nc(-c2csc(S(=O)(=O)N3CCC[C@@H](C(=O)NCc4cc(C)ccc4C)C3)c2)no1. The molecule has 0 unspecified atom stereocenters. The van der Waals surface area contributed by atoms with E-state index in [1.54, 1.807) is 11.4 Å². The lowest BCUT2D eigenvalue weighted by Gasteiger charge is -2.30. The van der Waals surface area contributed by atoms with E-state index >= 15 is 0 Å². The van der Waals surface area contributed by atoms with Crippen LogP contribution in [0, 0.1) is 19.8 Å². The van der Waals surface area contributed by atoms with Crippen molar-refractivity contribution in [2.45, 2.75) is 50.8 Å². The molecule has 1 fully saturated rings. The summed E-state index contributed by atoms with van der Waals surface area (Å²) in [6, 6.07) is 7.73. The van der Waals surface area contributed by atoms with Crippen molar-refractivity contribution in [2.75, 3.05) is 13.1 Å². The van der Waals surface area contributed by atoms with E-state index in [9.17, 15) is 13.2 Å². The molecule has 1 aromatic carbocycles. The Kier molecular flexibility index (Phi) is 6.96. The summed E-state index contributed by atoms with van der Waals surface area (Å²) in [5, 5.41) is 8.63. The molecule has 10 heteroatoms. The summed E-state index contributed by atoms with van der Waals surface area (Å²) >= 11 is 1.13. The number of aryl methyl sites for hydroxylation is 3. The quantitative estimate of drug-likeness (QED) is 0.544. The summed E-state index contributed by atoms with van der Waals surface area (Å²) in [5.74, 6) is 0.405. The average Bonchev–Trinajstić information content (AvgIpc) is 3.49. The largest absolute Gasteiger partial charge is 0.352 e. The second kappa shape index (κ2) is 9.74. The minimum absolute atomic E-state index is 0.110. The summed E-state index contributed by atoms with van der Waals surface area (Å²) in [6.07, 6.45) is 1.93. The predicted molar refractivity (Wildman–Crippen MR) is 126 cm³/mol. The van der Waals surface area contributed by atoms with Crippen molar-refractivity contribution >= 4 is 27.3 Å². The number of aromatic nitrogens is 2. The summed E-state index contributed by atoms with van der Waals surface area (Å²) < 4.78 is 33.3. The third kappa shape index (κ3) is 5.18. The lowest BCUT2D eigenvalue weighted by atomic mass is 9.98. The van der Waals surface area contributed by atoms with Crippen molar-refractivity contribution in [3.63, 3.8) is 0 Å². The van der Waals surface area contributed by atoms with Crippen molar-refractivity contribution in [2.24, 2.45) is 5.92 Å². The molecule has 3 aromatic rings. The van der Waals surface area contributed by atoms with Crippen LogP contribution in [0.15, 0.2) is 38.4 Å². The number of sulfonamides is 1. The zero-order valence-corrected chi connectivity index (χ0v) is 20.6. The Bertz CT molecular complexity index is 1250. The highest BCUT2D eigenvalue weighted by atomic mass is 32.2. The number of nitrogens with zero attached hydrogens (tertiary/aromatic N) is 3. The number of benzene rings is 1. The van der Waals surface area contributed by atoms with Gasteiger partial charge in [0.2, 0.25) is 17.6 Å². The van der Waals surface area contributed by atoms with Crippen molar-refractivity contribution in [1.29, 1.82) is 0 Å². The van der Waals surface area contributed by atoms with Crippen LogP contribution < -0.4 is 5.32 Å². The van der Waals surface area contributed by atoms with Gasteiger partial charge in [0, 0.05) is 37.0 Å². The molecule has 0 aliphatic carbocycles. The first-order chi connectivity index (χ1) is 15.8. The first-order valence-electron chi connectivity index (χ1n) is 11.0. The van der Waals surface area contributed by atoms with Gasteiger partial charge in [-0.2, -0.15) is 9.29 Å². The maximum absolute atomic E-state index is 13.3. The second-order valence-corrected chi connectivity index (χ2v) is 11.4. The Morgan fingerprint density at radius 1 is 1.30 bits per heavy atom. The van der Waals surface area contributed by atoms with E-state index in [1.807, 2.05) is 32.9 Å². The van der Waals surface area contributed by atoms with Crippen molar-refractivity contribution < 1.29 is 17.7 Å². The molecule has 176 valence electrons. The first-order valence-corrected chi connectivity index (χ1v) is 13.4. The van der Waals surface area contributed by atoms with Crippen LogP contribution in [0.5, 0.6) is 0 Å². The number of carbonyl (C=O) groups is 1. The second-order valence-electron chi connectivity index (χ2n) is 8.37. The van der Waals surface area contributed by atoms with E-state index in [0.717, 1.165) is 28.0 Å². The van der Waals surface area contributed by atoms with E-state index in [4.69, 9.17) is 4.52 Å². The Labute approximate surface area is 198 Å². The molecule has 8 nitrogen and oxygen atoms in total. The lowest BCUT2D eigenvalue weighted by molar-refractivity contribution is -0.126. The monoisotopic (exact) mass is 488 g/mol. The molecule has 1 aliphatic heterocycles. The topological polar surface area (TPSA) is 105 Å². The molecule has 0 saturated carbocycles. The van der Waals surface area contributed by atoms with Gasteiger partial charge in [-0.25, -0.2) is 8.42 Å². The van der Waals surface area contributed by atoms with Crippen LogP contribution in [0.25, 0.3) is 11.4 Å². The number of thiophene rings is 1. The zero-order chi connectivity index (χ0) is 23.6. The third-order valence-corrected chi connectivity index (χ3v) is 9.19. The van der Waals surface area contributed by atoms with E-state index < -0.39 is 10.0 Å². The number of hydrogen-bond acceptors (Lipinski definition) is 7. The molecule has 0 bridgehead atoms. The van der Waals surface area contributed by atoms with E-state index in [-0.39, 0.29) is 22.6 Å². The van der Waals surface area contributed by atoms with Crippen molar-refractivity contribution in [3.05, 3.63) is 52.2 Å². The molecule has 33 heavy (non-hydrogen) atoms. The van der Waals surface area contributed by atoms with Gasteiger partial charge in [0.25, 0.3) is 10.0 Å². The van der Waals surface area contributed by atoms with Crippen LogP contribution in [0.1, 0.15) is 42.3 Å². The zero-order valence-electron chi connectivity index (χ0n) is 19.0. The molecule has 1 amide bonds. The minimum Gasteiger partial charge on any atom is -0.352 e. The van der Waals surface area contributed by atoms with Gasteiger partial charge in [0.1, 0.15) is 4.21 Å². The summed E-state index contributed by atoms with van der Waals surface area (Å²) in [5.41, 5.74) is 3.95. The highest BCUT2D eigenvalue weighted by molar-refractivity contribution is 7.91. The van der Waals surface area contributed by atoms with Crippen LogP contribution in [0.3, 0.4) is 0 Å². The molecule has 1 saturated heterocycles. The van der Waals surface area contributed by atoms with Gasteiger partial charge in [0.15, 0.2) is 0 Å². The van der Waals surface area contributed by atoms with E-state index in [1.165, 1.54) is 4.31 Å². The normalized spacial score (nSPS) is 17.2. The highest BCUT2D eigenvalue weighted by Gasteiger charge is 2.34. The average molecular weight is 489 g/mol. The standard InChI is InChI=1S/C23H28N4O4S2/c1-4-20-25-22(26-31-20)19-11-21(32-14-19)33(29,30)27-9-5-6-17(13-27)23(28)24-12-18-10-15(2)7-8-16(18)3/h7-8,10-11,14,17H,4-6,9,12-13H2,1-3H3,(H,24,28)/t17-/m1/s1. The molecule has 2 aromatic heterocycles. The smallest absolute Gasteiger partial charge is 0.252 e. The lowest BCUT2D eigenvalue weighted by Crippen LogP contribution is -2.45. The summed E-state index contributed by atoms with van der Waals surface area (Å²) in [6.45, 7) is 6.96. The van der Waals surface area contributed by atoms with E-state index in [0.29, 0.717) is 49.6 Å². The molecular weight excluding hydrogens is 460 g/mol. The van der Waals surface area contributed by atoms with Gasteiger partial charge in [-0.1, -0.05) is 35.8 Å². The predicted octanol–water partition coefficient (Wildman–Crippen LogP) is 3.69. The number of hydrogen-bond donors (Lipinski definition) is 1. The Morgan fingerprint density at radius 2 is 2.12 bits per heavy atom. The molecule has 0 radical (unpaired) electrons. The molecule has 1 aliphatic rings. The van der Waals surface area contributed by atoms with Crippen LogP contribution in [-0.4, -0.2) is 41.9 Å². The maximum Gasteiger partial charge on any atom is 0.252 e. The molecule has 1 N–H and O–H groups in total. The third-order valence-electron chi connectivity index (χ3n) is 5.91. The summed E-state index contributed by atoms with van der Waals surface area (Å²) in [4.78, 5) is 17.1. The van der Waals surface area contributed by atoms with Gasteiger partial charge >= 0.3 is 0 Å². The fourth-order valence-corrected chi connectivity index (χ4v) is 6.74. The van der Waals surface area contributed by atoms with Crippen LogP contribution in [0.4, 0.5) is 0 Å². The van der Waals surface area contributed by atoms with Crippen LogP contribution >= 0.6 is 11.3 Å².